The number of anilines is 6. The predicted molar refractivity (Wildman–Crippen MR) is 132 cm³/mol. The SMILES string of the molecule is CCN1C(=O)c2nc(C)sc2N(C)c2nc(Nc3ccc(N4CCN(C)CC4)cn3)ncc21. The van der Waals surface area contributed by atoms with Gasteiger partial charge in [-0.25, -0.2) is 15.0 Å². The van der Waals surface area contributed by atoms with Crippen LogP contribution in [0.1, 0.15) is 22.4 Å². The van der Waals surface area contributed by atoms with E-state index >= 15 is 0 Å². The Morgan fingerprint density at radius 3 is 2.55 bits per heavy atom. The fraction of sp³-hybridized carbons (Fsp3) is 0.409. The second-order valence-corrected chi connectivity index (χ2v) is 9.40. The van der Waals surface area contributed by atoms with Crippen molar-refractivity contribution in [1.82, 2.24) is 24.8 Å². The quantitative estimate of drug-likeness (QED) is 0.624. The number of thiazole rings is 1. The Bertz CT molecular complexity index is 1170. The normalized spacial score (nSPS) is 16.5. The second kappa shape index (κ2) is 8.56. The lowest BCUT2D eigenvalue weighted by molar-refractivity contribution is 0.0985. The number of aromatic nitrogens is 4. The van der Waals surface area contributed by atoms with E-state index in [-0.39, 0.29) is 5.91 Å². The molecule has 11 heteroatoms. The number of carbonyl (C=O) groups is 1. The molecule has 1 amide bonds. The highest BCUT2D eigenvalue weighted by Crippen LogP contribution is 2.41. The van der Waals surface area contributed by atoms with Gasteiger partial charge in [0.15, 0.2) is 11.5 Å². The van der Waals surface area contributed by atoms with Crippen LogP contribution >= 0.6 is 11.3 Å². The van der Waals surface area contributed by atoms with Gasteiger partial charge in [0.05, 0.1) is 23.1 Å². The van der Waals surface area contributed by atoms with Crippen molar-refractivity contribution in [2.24, 2.45) is 0 Å². The molecule has 0 saturated carbocycles. The zero-order valence-corrected chi connectivity index (χ0v) is 20.1. The molecule has 1 N–H and O–H groups in total. The van der Waals surface area contributed by atoms with Gasteiger partial charge in [-0.05, 0) is 33.0 Å². The minimum Gasteiger partial charge on any atom is -0.368 e. The summed E-state index contributed by atoms with van der Waals surface area (Å²) in [6.45, 7) is 8.43. The van der Waals surface area contributed by atoms with Crippen molar-refractivity contribution in [2.45, 2.75) is 13.8 Å². The Morgan fingerprint density at radius 2 is 1.85 bits per heavy atom. The van der Waals surface area contributed by atoms with Crippen molar-refractivity contribution in [1.29, 1.82) is 0 Å². The maximum Gasteiger partial charge on any atom is 0.280 e. The summed E-state index contributed by atoms with van der Waals surface area (Å²) in [5.74, 6) is 1.61. The van der Waals surface area contributed by atoms with E-state index in [1.54, 1.807) is 11.1 Å². The van der Waals surface area contributed by atoms with E-state index in [9.17, 15) is 4.79 Å². The first-order valence-electron chi connectivity index (χ1n) is 11.0. The van der Waals surface area contributed by atoms with Crippen molar-refractivity contribution in [3.63, 3.8) is 0 Å². The minimum absolute atomic E-state index is 0.132. The van der Waals surface area contributed by atoms with Crippen LogP contribution in [0.5, 0.6) is 0 Å². The number of pyridine rings is 1. The number of aryl methyl sites for hydroxylation is 1. The van der Waals surface area contributed by atoms with Gasteiger partial charge in [0.2, 0.25) is 5.95 Å². The topological polar surface area (TPSA) is 93.6 Å². The summed E-state index contributed by atoms with van der Waals surface area (Å²) in [6, 6.07) is 4.01. The minimum atomic E-state index is -0.132. The van der Waals surface area contributed by atoms with Gasteiger partial charge in [-0.2, -0.15) is 4.98 Å². The molecule has 172 valence electrons. The van der Waals surface area contributed by atoms with Crippen molar-refractivity contribution in [3.8, 4) is 0 Å². The summed E-state index contributed by atoms with van der Waals surface area (Å²) >= 11 is 1.48. The summed E-state index contributed by atoms with van der Waals surface area (Å²) in [6.07, 6.45) is 3.57. The van der Waals surface area contributed by atoms with Crippen LogP contribution in [-0.2, 0) is 0 Å². The van der Waals surface area contributed by atoms with Crippen LogP contribution in [0.2, 0.25) is 0 Å². The molecule has 0 spiro atoms. The molecular formula is C22H27N9OS. The number of piperazine rings is 1. The molecule has 0 aliphatic carbocycles. The third kappa shape index (κ3) is 3.98. The number of fused-ring (bicyclic) bond motifs is 2. The Labute approximate surface area is 196 Å². The molecule has 2 aliphatic rings. The summed E-state index contributed by atoms with van der Waals surface area (Å²) in [7, 11) is 4.05. The molecule has 0 unspecified atom stereocenters. The largest absolute Gasteiger partial charge is 0.368 e. The van der Waals surface area contributed by atoms with E-state index < -0.39 is 0 Å². The van der Waals surface area contributed by atoms with Gasteiger partial charge in [-0.1, -0.05) is 0 Å². The maximum atomic E-state index is 13.1. The monoisotopic (exact) mass is 465 g/mol. The number of nitrogens with zero attached hydrogens (tertiary/aromatic N) is 8. The number of hydrogen-bond donors (Lipinski definition) is 1. The smallest absolute Gasteiger partial charge is 0.280 e. The Hall–Kier alpha value is -3.31. The first kappa shape index (κ1) is 21.5. The molecule has 33 heavy (non-hydrogen) atoms. The van der Waals surface area contributed by atoms with Crippen LogP contribution in [0.25, 0.3) is 0 Å². The van der Waals surface area contributed by atoms with Gasteiger partial charge in [0.25, 0.3) is 5.91 Å². The summed E-state index contributed by atoms with van der Waals surface area (Å²) in [5, 5.41) is 4.83. The van der Waals surface area contributed by atoms with E-state index in [1.165, 1.54) is 11.3 Å². The third-order valence-corrected chi connectivity index (χ3v) is 7.05. The van der Waals surface area contributed by atoms with Gasteiger partial charge >= 0.3 is 0 Å². The lowest BCUT2D eigenvalue weighted by Crippen LogP contribution is -2.44. The molecule has 0 bridgehead atoms. The first-order chi connectivity index (χ1) is 15.9. The predicted octanol–water partition coefficient (Wildman–Crippen LogP) is 2.88. The van der Waals surface area contributed by atoms with Crippen LogP contribution in [0.15, 0.2) is 24.5 Å². The van der Waals surface area contributed by atoms with Gasteiger partial charge in [0.1, 0.15) is 16.5 Å². The van der Waals surface area contributed by atoms with E-state index in [4.69, 9.17) is 4.98 Å². The maximum absolute atomic E-state index is 13.1. The van der Waals surface area contributed by atoms with Crippen molar-refractivity contribution in [3.05, 3.63) is 35.2 Å². The van der Waals surface area contributed by atoms with Gasteiger partial charge < -0.3 is 24.9 Å². The number of hydrogen-bond acceptors (Lipinski definition) is 10. The fourth-order valence-electron chi connectivity index (χ4n) is 4.12. The number of likely N-dealkylation sites (N-methyl/N-ethyl adjacent to an activating group) is 1. The van der Waals surface area contributed by atoms with Gasteiger partial charge in [-0.15, -0.1) is 11.3 Å². The highest BCUT2D eigenvalue weighted by atomic mass is 32.1. The standard InChI is InChI=1S/C22H27N9OS/c1-5-31-16-13-24-22(27-19(16)29(4)21-18(20(31)32)25-14(2)33-21)26-17-7-6-15(12-23-17)30-10-8-28(3)9-11-30/h6-7,12-13H,5,8-11H2,1-4H3,(H,23,24,26,27). The van der Waals surface area contributed by atoms with Gasteiger partial charge in [-0.3, -0.25) is 4.79 Å². The zero-order valence-electron chi connectivity index (χ0n) is 19.2. The third-order valence-electron chi connectivity index (χ3n) is 6.00. The number of amides is 1. The fourth-order valence-corrected chi connectivity index (χ4v) is 4.99. The Kier molecular flexibility index (Phi) is 5.59. The molecule has 0 aromatic carbocycles. The Morgan fingerprint density at radius 1 is 1.06 bits per heavy atom. The van der Waals surface area contributed by atoms with Crippen LogP contribution in [0.3, 0.4) is 0 Å². The Balaban J connectivity index is 1.41. The van der Waals surface area contributed by atoms with E-state index in [2.05, 4.69) is 43.2 Å². The molecule has 0 radical (unpaired) electrons. The average molecular weight is 466 g/mol. The molecule has 3 aromatic heterocycles. The number of carbonyl (C=O) groups excluding carboxylic acids is 1. The van der Waals surface area contributed by atoms with E-state index in [1.807, 2.05) is 38.1 Å². The molecule has 10 nitrogen and oxygen atoms in total. The lowest BCUT2D eigenvalue weighted by Gasteiger charge is -2.33. The van der Waals surface area contributed by atoms with Crippen molar-refractivity contribution < 1.29 is 4.79 Å². The van der Waals surface area contributed by atoms with Gasteiger partial charge in [0, 0.05) is 39.8 Å². The average Bonchev–Trinajstić information content (AvgIpc) is 3.19. The molecule has 2 aliphatic heterocycles. The molecular weight excluding hydrogens is 438 g/mol. The summed E-state index contributed by atoms with van der Waals surface area (Å²) < 4.78 is 0. The van der Waals surface area contributed by atoms with Crippen molar-refractivity contribution in [2.75, 3.05) is 66.8 Å². The zero-order chi connectivity index (χ0) is 23.1. The highest BCUT2D eigenvalue weighted by molar-refractivity contribution is 7.16. The molecule has 0 atom stereocenters. The molecule has 5 rings (SSSR count). The van der Waals surface area contributed by atoms with E-state index in [0.29, 0.717) is 35.5 Å². The molecule has 1 fully saturated rings. The summed E-state index contributed by atoms with van der Waals surface area (Å²) in [4.78, 5) is 39.6. The molecule has 1 saturated heterocycles. The van der Waals surface area contributed by atoms with Crippen LogP contribution in [0.4, 0.5) is 34.0 Å². The van der Waals surface area contributed by atoms with Crippen LogP contribution in [-0.4, -0.2) is 77.6 Å². The number of nitrogens with one attached hydrogen (secondary N) is 1. The number of rotatable bonds is 4. The lowest BCUT2D eigenvalue weighted by atomic mass is 10.3. The first-order valence-corrected chi connectivity index (χ1v) is 11.8. The summed E-state index contributed by atoms with van der Waals surface area (Å²) in [5.41, 5.74) is 2.23. The second-order valence-electron chi connectivity index (χ2n) is 8.21. The molecule has 5 heterocycles. The highest BCUT2D eigenvalue weighted by Gasteiger charge is 2.33. The van der Waals surface area contributed by atoms with Crippen LogP contribution in [0, 0.1) is 6.92 Å². The van der Waals surface area contributed by atoms with Crippen LogP contribution < -0.4 is 20.0 Å². The molecule has 3 aromatic rings. The van der Waals surface area contributed by atoms with E-state index in [0.717, 1.165) is 41.9 Å². The van der Waals surface area contributed by atoms with Crippen molar-refractivity contribution >= 4 is 51.2 Å².